The number of β-amino-alcohol motifs (C(OH)–C–C–N with tert-alkyl or cyclic N) is 1. The van der Waals surface area contributed by atoms with Crippen LogP contribution in [-0.4, -0.2) is 61.3 Å². The molecule has 1 N–H and O–H groups in total. The Bertz CT molecular complexity index is 938. The lowest BCUT2D eigenvalue weighted by atomic mass is 10.1. The van der Waals surface area contributed by atoms with Crippen molar-refractivity contribution in [1.82, 2.24) is 9.27 Å². The topological polar surface area (TPSA) is 58.1 Å². The van der Waals surface area contributed by atoms with Crippen LogP contribution in [0.2, 0.25) is 0 Å². The largest absolute Gasteiger partial charge is 0.497 e. The zero-order chi connectivity index (χ0) is 19.5. The third-order valence-electron chi connectivity index (χ3n) is 5.26. The predicted molar refractivity (Wildman–Crippen MR) is 113 cm³/mol. The first-order valence-corrected chi connectivity index (χ1v) is 10.2. The maximum Gasteiger partial charge on any atom is 0.150 e. The van der Waals surface area contributed by atoms with E-state index in [1.807, 2.05) is 18.2 Å². The van der Waals surface area contributed by atoms with Gasteiger partial charge in [0.2, 0.25) is 0 Å². The van der Waals surface area contributed by atoms with Crippen molar-refractivity contribution >= 4 is 27.4 Å². The van der Waals surface area contributed by atoms with Crippen molar-refractivity contribution in [3.8, 4) is 11.5 Å². The number of nitrogens with zero attached hydrogens (tertiary/aromatic N) is 3. The lowest BCUT2D eigenvalue weighted by Gasteiger charge is -2.36. The fourth-order valence-electron chi connectivity index (χ4n) is 3.69. The van der Waals surface area contributed by atoms with Crippen molar-refractivity contribution < 1.29 is 14.6 Å². The molecule has 148 valence electrons. The van der Waals surface area contributed by atoms with Gasteiger partial charge in [-0.2, -0.15) is 4.37 Å². The van der Waals surface area contributed by atoms with E-state index < -0.39 is 6.10 Å². The van der Waals surface area contributed by atoms with E-state index in [2.05, 4.69) is 38.4 Å². The maximum absolute atomic E-state index is 10.8. The Kier molecular flexibility index (Phi) is 5.66. The Labute approximate surface area is 169 Å². The van der Waals surface area contributed by atoms with Crippen LogP contribution in [0.15, 0.2) is 42.5 Å². The zero-order valence-corrected chi connectivity index (χ0v) is 17.0. The molecule has 1 aliphatic rings. The van der Waals surface area contributed by atoms with Crippen molar-refractivity contribution in [1.29, 1.82) is 0 Å². The van der Waals surface area contributed by atoms with Crippen LogP contribution in [0, 0.1) is 0 Å². The summed E-state index contributed by atoms with van der Waals surface area (Å²) in [6.07, 6.45) is -0.628. The van der Waals surface area contributed by atoms with Gasteiger partial charge in [-0.3, -0.25) is 4.90 Å². The molecule has 0 spiro atoms. The summed E-state index contributed by atoms with van der Waals surface area (Å²) < 4.78 is 16.6. The van der Waals surface area contributed by atoms with E-state index in [-0.39, 0.29) is 0 Å². The third-order valence-corrected chi connectivity index (χ3v) is 6.07. The van der Waals surface area contributed by atoms with Crippen LogP contribution in [-0.2, 0) is 0 Å². The maximum atomic E-state index is 10.8. The Hall–Kier alpha value is -2.35. The highest BCUT2D eigenvalue weighted by molar-refractivity contribution is 7.13. The van der Waals surface area contributed by atoms with Gasteiger partial charge < -0.3 is 19.5 Å². The van der Waals surface area contributed by atoms with E-state index in [1.54, 1.807) is 25.8 Å². The molecule has 0 amide bonds. The van der Waals surface area contributed by atoms with Gasteiger partial charge in [0.05, 0.1) is 25.0 Å². The van der Waals surface area contributed by atoms with Crippen LogP contribution in [0.25, 0.3) is 10.1 Å². The molecule has 1 aromatic heterocycles. The summed E-state index contributed by atoms with van der Waals surface area (Å²) in [7, 11) is 3.24. The summed E-state index contributed by atoms with van der Waals surface area (Å²) >= 11 is 1.55. The normalized spacial score (nSPS) is 16.3. The molecule has 0 saturated carbocycles. The van der Waals surface area contributed by atoms with E-state index in [9.17, 15) is 5.11 Å². The number of aliphatic hydroxyl groups is 1. The molecule has 0 radical (unpaired) electrons. The monoisotopic (exact) mass is 399 g/mol. The third kappa shape index (κ3) is 3.78. The highest BCUT2D eigenvalue weighted by Crippen LogP contribution is 2.32. The number of aromatic nitrogens is 1. The van der Waals surface area contributed by atoms with E-state index in [1.165, 1.54) is 10.1 Å². The number of methoxy groups -OCH3 is 2. The second-order valence-corrected chi connectivity index (χ2v) is 7.72. The van der Waals surface area contributed by atoms with Crippen LogP contribution >= 0.6 is 11.5 Å². The number of ether oxygens (including phenoxy) is 2. The summed E-state index contributed by atoms with van der Waals surface area (Å²) in [6, 6.07) is 13.9. The smallest absolute Gasteiger partial charge is 0.150 e. The van der Waals surface area contributed by atoms with Gasteiger partial charge in [0.1, 0.15) is 17.3 Å². The number of benzene rings is 2. The highest BCUT2D eigenvalue weighted by atomic mass is 32.1. The molecule has 1 fully saturated rings. The van der Waals surface area contributed by atoms with Crippen LogP contribution in [0.4, 0.5) is 5.82 Å². The van der Waals surface area contributed by atoms with Gasteiger partial charge in [-0.1, -0.05) is 12.1 Å². The summed E-state index contributed by atoms with van der Waals surface area (Å²) in [5.41, 5.74) is 0.759. The standard InChI is InChI=1S/C21H25N3O3S/c1-26-15-7-8-19(27-2)17(13-15)18(25)14-23-9-11-24(12-10-23)21-16-5-3-4-6-20(16)28-22-21/h3-8,13,18,25H,9-12,14H2,1-2H3. The Morgan fingerprint density at radius 3 is 2.61 bits per heavy atom. The molecule has 2 heterocycles. The van der Waals surface area contributed by atoms with E-state index in [4.69, 9.17) is 9.47 Å². The summed E-state index contributed by atoms with van der Waals surface area (Å²) in [6.45, 7) is 4.13. The second-order valence-electron chi connectivity index (χ2n) is 6.91. The van der Waals surface area contributed by atoms with Crippen LogP contribution in [0.3, 0.4) is 0 Å². The van der Waals surface area contributed by atoms with E-state index >= 15 is 0 Å². The molecule has 1 aliphatic heterocycles. The van der Waals surface area contributed by atoms with E-state index in [0.29, 0.717) is 12.3 Å². The van der Waals surface area contributed by atoms with Crippen LogP contribution in [0.1, 0.15) is 11.7 Å². The summed E-state index contributed by atoms with van der Waals surface area (Å²) in [5.74, 6) is 2.48. The molecular weight excluding hydrogens is 374 g/mol. The minimum absolute atomic E-state index is 0.565. The van der Waals surface area contributed by atoms with Crippen LogP contribution in [0.5, 0.6) is 11.5 Å². The lowest BCUT2D eigenvalue weighted by Crippen LogP contribution is -2.47. The Balaban J connectivity index is 1.40. The Morgan fingerprint density at radius 1 is 1.07 bits per heavy atom. The number of rotatable bonds is 6. The molecule has 1 unspecified atom stereocenters. The second kappa shape index (κ2) is 8.34. The number of hydrogen-bond donors (Lipinski definition) is 1. The van der Waals surface area contributed by atoms with Crippen molar-refractivity contribution in [3.63, 3.8) is 0 Å². The van der Waals surface area contributed by atoms with Crippen LogP contribution < -0.4 is 14.4 Å². The van der Waals surface area contributed by atoms with Gasteiger partial charge in [0, 0.05) is 43.7 Å². The van der Waals surface area contributed by atoms with Gasteiger partial charge in [-0.25, -0.2) is 0 Å². The van der Waals surface area contributed by atoms with Gasteiger partial charge in [-0.15, -0.1) is 0 Å². The van der Waals surface area contributed by atoms with Crippen molar-refractivity contribution in [3.05, 3.63) is 48.0 Å². The average Bonchev–Trinajstić information content (AvgIpc) is 3.18. The minimum Gasteiger partial charge on any atom is -0.497 e. The van der Waals surface area contributed by atoms with Crippen molar-refractivity contribution in [2.75, 3.05) is 51.8 Å². The first-order valence-electron chi connectivity index (χ1n) is 9.41. The first-order chi connectivity index (χ1) is 13.7. The lowest BCUT2D eigenvalue weighted by molar-refractivity contribution is 0.107. The molecule has 6 nitrogen and oxygen atoms in total. The number of aliphatic hydroxyl groups excluding tert-OH is 1. The van der Waals surface area contributed by atoms with E-state index in [0.717, 1.165) is 43.3 Å². The van der Waals surface area contributed by atoms with Crippen molar-refractivity contribution in [2.45, 2.75) is 6.10 Å². The molecule has 0 bridgehead atoms. The molecule has 2 aromatic carbocycles. The molecule has 1 atom stereocenters. The summed E-state index contributed by atoms with van der Waals surface area (Å²) in [5, 5.41) is 12.0. The molecule has 7 heteroatoms. The number of anilines is 1. The quantitative estimate of drug-likeness (QED) is 0.687. The van der Waals surface area contributed by atoms with Gasteiger partial charge in [0.15, 0.2) is 0 Å². The zero-order valence-electron chi connectivity index (χ0n) is 16.2. The number of fused-ring (bicyclic) bond motifs is 1. The molecular formula is C21H25N3O3S. The minimum atomic E-state index is -0.628. The van der Waals surface area contributed by atoms with Gasteiger partial charge in [-0.05, 0) is 41.9 Å². The van der Waals surface area contributed by atoms with Gasteiger partial charge in [0.25, 0.3) is 0 Å². The first kappa shape index (κ1) is 19.0. The molecule has 28 heavy (non-hydrogen) atoms. The molecule has 0 aliphatic carbocycles. The number of hydrogen-bond acceptors (Lipinski definition) is 7. The average molecular weight is 400 g/mol. The Morgan fingerprint density at radius 2 is 1.86 bits per heavy atom. The SMILES string of the molecule is COc1ccc(OC)c(C(O)CN2CCN(c3nsc4ccccc34)CC2)c1. The predicted octanol–water partition coefficient (Wildman–Crippen LogP) is 3.17. The molecule has 4 rings (SSSR count). The van der Waals surface area contributed by atoms with Gasteiger partial charge >= 0.3 is 0 Å². The summed E-state index contributed by atoms with van der Waals surface area (Å²) in [4.78, 5) is 4.63. The fraction of sp³-hybridized carbons (Fsp3) is 0.381. The number of piperazine rings is 1. The molecule has 1 saturated heterocycles. The highest BCUT2D eigenvalue weighted by Gasteiger charge is 2.24. The van der Waals surface area contributed by atoms with Crippen molar-refractivity contribution in [2.24, 2.45) is 0 Å². The fourth-order valence-corrected chi connectivity index (χ4v) is 4.48. The molecule has 3 aromatic rings.